The molecule has 0 fully saturated rings. The average molecular weight is 594 g/mol. The Hall–Kier alpha value is -5.60. The van der Waals surface area contributed by atoms with Gasteiger partial charge < -0.3 is 9.32 Å². The fraction of sp³-hybridized carbons (Fsp3) is 0.0909. The lowest BCUT2D eigenvalue weighted by molar-refractivity contribution is 0.653. The number of para-hydroxylation sites is 1. The molecule has 0 unspecified atom stereocenters. The summed E-state index contributed by atoms with van der Waals surface area (Å²) in [5.41, 5.74) is 14.7. The Morgan fingerprint density at radius 1 is 0.674 bits per heavy atom. The van der Waals surface area contributed by atoms with Crippen LogP contribution in [0.3, 0.4) is 0 Å². The van der Waals surface area contributed by atoms with Crippen LogP contribution in [0.25, 0.3) is 56.3 Å². The van der Waals surface area contributed by atoms with E-state index in [4.69, 9.17) is 4.42 Å². The number of fused-ring (bicyclic) bond motifs is 7. The number of hydrogen-bond donors (Lipinski definition) is 0. The summed E-state index contributed by atoms with van der Waals surface area (Å²) in [7, 11) is 0. The van der Waals surface area contributed by atoms with E-state index in [-0.39, 0.29) is 5.41 Å². The smallest absolute Gasteiger partial charge is 0.143 e. The quantitative estimate of drug-likeness (QED) is 0.191. The molecule has 0 bridgehead atoms. The SMILES string of the molecule is C=Cc1cccc(N(c2ccc(-c3ccccc3)cc2)c2ccc3c(c2)C(C)(C)c2ccc4c(oc5ccccc54)c2-3)c1/C=C\C. The number of anilines is 3. The third-order valence-electron chi connectivity index (χ3n) is 9.57. The minimum absolute atomic E-state index is 0.203. The molecular formula is C44H35NO. The lowest BCUT2D eigenvalue weighted by Gasteiger charge is -2.30. The van der Waals surface area contributed by atoms with E-state index in [9.17, 15) is 0 Å². The summed E-state index contributed by atoms with van der Waals surface area (Å²) >= 11 is 0. The molecule has 0 aliphatic heterocycles. The Balaban J connectivity index is 1.33. The van der Waals surface area contributed by atoms with Crippen LogP contribution in [0.4, 0.5) is 17.1 Å². The minimum Gasteiger partial charge on any atom is -0.455 e. The van der Waals surface area contributed by atoms with Crippen molar-refractivity contribution in [2.24, 2.45) is 0 Å². The van der Waals surface area contributed by atoms with E-state index in [1.807, 2.05) is 12.1 Å². The highest BCUT2D eigenvalue weighted by atomic mass is 16.3. The summed E-state index contributed by atoms with van der Waals surface area (Å²) in [6.45, 7) is 10.9. The van der Waals surface area contributed by atoms with Gasteiger partial charge in [-0.2, -0.15) is 0 Å². The molecule has 0 amide bonds. The highest BCUT2D eigenvalue weighted by Crippen LogP contribution is 2.54. The van der Waals surface area contributed by atoms with Crippen molar-refractivity contribution >= 4 is 51.2 Å². The third kappa shape index (κ3) is 4.25. The lowest BCUT2D eigenvalue weighted by atomic mass is 9.82. The summed E-state index contributed by atoms with van der Waals surface area (Å²) in [5, 5.41) is 2.33. The first-order valence-electron chi connectivity index (χ1n) is 15.9. The fourth-order valence-corrected chi connectivity index (χ4v) is 7.28. The van der Waals surface area contributed by atoms with E-state index in [2.05, 4.69) is 166 Å². The predicted molar refractivity (Wildman–Crippen MR) is 196 cm³/mol. The molecule has 8 rings (SSSR count). The first-order valence-corrected chi connectivity index (χ1v) is 15.9. The molecular weight excluding hydrogens is 558 g/mol. The number of hydrogen-bond acceptors (Lipinski definition) is 2. The topological polar surface area (TPSA) is 16.4 Å². The van der Waals surface area contributed by atoms with Gasteiger partial charge in [-0.15, -0.1) is 0 Å². The molecule has 0 spiro atoms. The van der Waals surface area contributed by atoms with Crippen LogP contribution in [0.5, 0.6) is 0 Å². The van der Waals surface area contributed by atoms with Crippen molar-refractivity contribution in [3.05, 3.63) is 162 Å². The van der Waals surface area contributed by atoms with Gasteiger partial charge in [-0.3, -0.25) is 0 Å². The minimum atomic E-state index is -0.203. The van der Waals surface area contributed by atoms with Crippen molar-refractivity contribution in [1.82, 2.24) is 0 Å². The molecule has 0 saturated carbocycles. The maximum atomic E-state index is 6.55. The van der Waals surface area contributed by atoms with Crippen molar-refractivity contribution in [3.63, 3.8) is 0 Å². The Labute approximate surface area is 270 Å². The predicted octanol–water partition coefficient (Wildman–Crippen LogP) is 12.7. The second-order valence-electron chi connectivity index (χ2n) is 12.6. The molecule has 222 valence electrons. The van der Waals surface area contributed by atoms with Crippen LogP contribution in [0.1, 0.15) is 43.0 Å². The Kier molecular flexibility index (Phi) is 6.54. The maximum absolute atomic E-state index is 6.55. The van der Waals surface area contributed by atoms with E-state index in [0.29, 0.717) is 0 Å². The molecule has 0 saturated heterocycles. The summed E-state index contributed by atoms with van der Waals surface area (Å²) in [6.07, 6.45) is 6.23. The first-order chi connectivity index (χ1) is 22.5. The van der Waals surface area contributed by atoms with Gasteiger partial charge in [0.2, 0.25) is 0 Å². The van der Waals surface area contributed by atoms with Crippen LogP contribution in [0.2, 0.25) is 0 Å². The van der Waals surface area contributed by atoms with Crippen LogP contribution in [-0.2, 0) is 5.41 Å². The Morgan fingerprint density at radius 3 is 2.20 bits per heavy atom. The van der Waals surface area contributed by atoms with Crippen molar-refractivity contribution in [2.45, 2.75) is 26.2 Å². The molecule has 1 aromatic heterocycles. The van der Waals surface area contributed by atoms with Crippen LogP contribution in [-0.4, -0.2) is 0 Å². The fourth-order valence-electron chi connectivity index (χ4n) is 7.28. The molecule has 1 aliphatic carbocycles. The molecule has 1 heterocycles. The van der Waals surface area contributed by atoms with Crippen LogP contribution < -0.4 is 4.90 Å². The molecule has 6 aromatic carbocycles. The van der Waals surface area contributed by atoms with E-state index < -0.39 is 0 Å². The Bertz CT molecular complexity index is 2300. The maximum Gasteiger partial charge on any atom is 0.143 e. The summed E-state index contributed by atoms with van der Waals surface area (Å²) < 4.78 is 6.55. The van der Waals surface area contributed by atoms with E-state index in [1.54, 1.807) is 0 Å². The second kappa shape index (κ2) is 10.8. The first kappa shape index (κ1) is 27.9. The zero-order valence-electron chi connectivity index (χ0n) is 26.4. The zero-order chi connectivity index (χ0) is 31.4. The largest absolute Gasteiger partial charge is 0.455 e. The van der Waals surface area contributed by atoms with Gasteiger partial charge in [0.15, 0.2) is 0 Å². The standard InChI is InChI=1S/C44H35NO/c1-5-13-34-29(6-2)16-12-18-40(34)45(32-22-20-31(21-23-32)30-14-8-7-9-15-30)33-24-25-37-39(28-33)44(3,4)38-27-26-36-35-17-10-11-19-41(35)46-43(36)42(37)38/h5-28H,2H2,1,3-4H3/b13-5-. The molecule has 2 heteroatoms. The van der Waals surface area contributed by atoms with E-state index in [0.717, 1.165) is 44.7 Å². The van der Waals surface area contributed by atoms with Gasteiger partial charge in [-0.1, -0.05) is 130 Å². The second-order valence-corrected chi connectivity index (χ2v) is 12.6. The van der Waals surface area contributed by atoms with Crippen molar-refractivity contribution < 1.29 is 4.42 Å². The summed E-state index contributed by atoms with van der Waals surface area (Å²) in [4.78, 5) is 2.38. The van der Waals surface area contributed by atoms with Crippen molar-refractivity contribution in [1.29, 1.82) is 0 Å². The number of rotatable bonds is 6. The monoisotopic (exact) mass is 593 g/mol. The van der Waals surface area contributed by atoms with Crippen molar-refractivity contribution in [2.75, 3.05) is 4.90 Å². The van der Waals surface area contributed by atoms with Gasteiger partial charge in [0.25, 0.3) is 0 Å². The van der Waals surface area contributed by atoms with E-state index in [1.165, 1.54) is 38.8 Å². The molecule has 0 N–H and O–H groups in total. The van der Waals surface area contributed by atoms with Gasteiger partial charge in [0.05, 0.1) is 5.69 Å². The number of nitrogens with zero attached hydrogens (tertiary/aromatic N) is 1. The molecule has 46 heavy (non-hydrogen) atoms. The van der Waals surface area contributed by atoms with Gasteiger partial charge >= 0.3 is 0 Å². The normalized spacial score (nSPS) is 13.3. The van der Waals surface area contributed by atoms with Crippen LogP contribution >= 0.6 is 0 Å². The van der Waals surface area contributed by atoms with Crippen LogP contribution in [0, 0.1) is 0 Å². The molecule has 0 radical (unpaired) electrons. The molecule has 0 atom stereocenters. The molecule has 2 nitrogen and oxygen atoms in total. The molecule has 7 aromatic rings. The van der Waals surface area contributed by atoms with Gasteiger partial charge in [-0.25, -0.2) is 0 Å². The van der Waals surface area contributed by atoms with Crippen LogP contribution in [0.15, 0.2) is 144 Å². The number of furan rings is 1. The zero-order valence-corrected chi connectivity index (χ0v) is 26.4. The molecule has 1 aliphatic rings. The van der Waals surface area contributed by atoms with E-state index >= 15 is 0 Å². The highest BCUT2D eigenvalue weighted by Gasteiger charge is 2.38. The number of benzene rings is 6. The third-order valence-corrected chi connectivity index (χ3v) is 9.57. The Morgan fingerprint density at radius 2 is 1.41 bits per heavy atom. The number of allylic oxidation sites excluding steroid dienone is 1. The van der Waals surface area contributed by atoms with Gasteiger partial charge in [0.1, 0.15) is 11.2 Å². The average Bonchev–Trinajstić information content (AvgIpc) is 3.58. The summed E-state index contributed by atoms with van der Waals surface area (Å²) in [6, 6.07) is 45.7. The highest BCUT2D eigenvalue weighted by molar-refractivity contribution is 6.12. The van der Waals surface area contributed by atoms with Gasteiger partial charge in [-0.05, 0) is 76.7 Å². The van der Waals surface area contributed by atoms with Gasteiger partial charge in [0, 0.05) is 38.7 Å². The lowest BCUT2D eigenvalue weighted by Crippen LogP contribution is -2.17. The summed E-state index contributed by atoms with van der Waals surface area (Å²) in [5.74, 6) is 0. The van der Waals surface area contributed by atoms with Crippen molar-refractivity contribution in [3.8, 4) is 22.3 Å².